The van der Waals surface area contributed by atoms with E-state index in [1.807, 2.05) is 0 Å². The molecule has 3 nitrogen and oxygen atoms in total. The van der Waals surface area contributed by atoms with Crippen molar-refractivity contribution in [3.63, 3.8) is 0 Å². The molecule has 0 radical (unpaired) electrons. The highest BCUT2D eigenvalue weighted by Crippen LogP contribution is 2.18. The highest BCUT2D eigenvalue weighted by molar-refractivity contribution is 6.35. The first-order valence-corrected chi connectivity index (χ1v) is 3.67. The summed E-state index contributed by atoms with van der Waals surface area (Å²) in [5, 5.41) is 3.21. The van der Waals surface area contributed by atoms with Gasteiger partial charge in [-0.2, -0.15) is 0 Å². The van der Waals surface area contributed by atoms with E-state index >= 15 is 0 Å². The summed E-state index contributed by atoms with van der Waals surface area (Å²) in [6.45, 7) is 0. The number of anilines is 1. The highest BCUT2D eigenvalue weighted by Gasteiger charge is 2.02. The molecular formula is C6H6Cl2N2O. The van der Waals surface area contributed by atoms with Crippen molar-refractivity contribution in [2.75, 3.05) is 12.4 Å². The van der Waals surface area contributed by atoms with Gasteiger partial charge < -0.3 is 10.3 Å². The summed E-state index contributed by atoms with van der Waals surface area (Å²) >= 11 is 11.2. The van der Waals surface area contributed by atoms with Crippen molar-refractivity contribution in [1.29, 1.82) is 0 Å². The monoisotopic (exact) mass is 192 g/mol. The topological polar surface area (TPSA) is 44.9 Å². The van der Waals surface area contributed by atoms with Crippen molar-refractivity contribution < 1.29 is 0 Å². The maximum atomic E-state index is 10.9. The zero-order chi connectivity index (χ0) is 8.43. The second-order valence-electron chi connectivity index (χ2n) is 1.92. The van der Waals surface area contributed by atoms with Crippen molar-refractivity contribution in [3.05, 3.63) is 26.5 Å². The zero-order valence-corrected chi connectivity index (χ0v) is 7.25. The van der Waals surface area contributed by atoms with Crippen LogP contribution in [-0.2, 0) is 0 Å². The fourth-order valence-corrected chi connectivity index (χ4v) is 1.13. The number of rotatable bonds is 1. The minimum atomic E-state index is -0.347. The van der Waals surface area contributed by atoms with Gasteiger partial charge in [-0.15, -0.1) is 0 Å². The van der Waals surface area contributed by atoms with Gasteiger partial charge in [-0.1, -0.05) is 23.2 Å². The van der Waals surface area contributed by atoms with Gasteiger partial charge in [0.15, 0.2) is 0 Å². The van der Waals surface area contributed by atoms with Gasteiger partial charge in [0.1, 0.15) is 10.8 Å². The molecular weight excluding hydrogens is 187 g/mol. The second-order valence-corrected chi connectivity index (χ2v) is 2.73. The van der Waals surface area contributed by atoms with Crippen LogP contribution in [0.15, 0.2) is 10.9 Å². The van der Waals surface area contributed by atoms with Crippen LogP contribution in [0, 0.1) is 0 Å². The van der Waals surface area contributed by atoms with Gasteiger partial charge in [0.25, 0.3) is 5.56 Å². The molecule has 1 aromatic heterocycles. The Kier molecular flexibility index (Phi) is 2.42. The molecule has 2 N–H and O–H groups in total. The molecule has 0 saturated heterocycles. The summed E-state index contributed by atoms with van der Waals surface area (Å²) in [4.78, 5) is 13.3. The summed E-state index contributed by atoms with van der Waals surface area (Å²) in [5.74, 6) is 0.473. The molecule has 1 rings (SSSR count). The quantitative estimate of drug-likeness (QED) is 0.713. The summed E-state index contributed by atoms with van der Waals surface area (Å²) in [7, 11) is 1.66. The normalized spacial score (nSPS) is 9.73. The Labute approximate surface area is 73.3 Å². The summed E-state index contributed by atoms with van der Waals surface area (Å²) in [6.07, 6.45) is 0. The zero-order valence-electron chi connectivity index (χ0n) is 5.74. The first kappa shape index (κ1) is 8.43. The van der Waals surface area contributed by atoms with E-state index in [0.717, 1.165) is 0 Å². The molecule has 0 spiro atoms. The number of hydrogen-bond acceptors (Lipinski definition) is 2. The lowest BCUT2D eigenvalue weighted by molar-refractivity contribution is 1.22. The van der Waals surface area contributed by atoms with Gasteiger partial charge in [-0.05, 0) is 6.07 Å². The number of aromatic nitrogens is 1. The van der Waals surface area contributed by atoms with E-state index in [2.05, 4.69) is 10.3 Å². The molecule has 11 heavy (non-hydrogen) atoms. The van der Waals surface area contributed by atoms with Crippen LogP contribution in [0.25, 0.3) is 0 Å². The van der Waals surface area contributed by atoms with E-state index in [9.17, 15) is 4.79 Å². The Bertz CT molecular complexity index is 321. The van der Waals surface area contributed by atoms with Crippen molar-refractivity contribution >= 4 is 29.0 Å². The summed E-state index contributed by atoms with van der Waals surface area (Å²) < 4.78 is 0. The number of halogens is 2. The van der Waals surface area contributed by atoms with Crippen LogP contribution >= 0.6 is 23.2 Å². The average Bonchev–Trinajstić information content (AvgIpc) is 1.97. The number of nitrogens with one attached hydrogen (secondary N) is 2. The standard InChI is InChI=1S/C6H6Cl2N2O/c1-9-5-3(7)2-4(8)6(11)10-5/h2H,1H3,(H2,9,10,11). The molecule has 5 heteroatoms. The van der Waals surface area contributed by atoms with Crippen LogP contribution < -0.4 is 10.9 Å². The summed E-state index contributed by atoms with van der Waals surface area (Å²) in [5.41, 5.74) is -0.347. The molecule has 0 aliphatic carbocycles. The van der Waals surface area contributed by atoms with Crippen LogP contribution in [-0.4, -0.2) is 12.0 Å². The maximum Gasteiger partial charge on any atom is 0.268 e. The highest BCUT2D eigenvalue weighted by atomic mass is 35.5. The SMILES string of the molecule is CNc1[nH]c(=O)c(Cl)cc1Cl. The number of pyridine rings is 1. The number of hydrogen-bond donors (Lipinski definition) is 2. The van der Waals surface area contributed by atoms with Crippen LogP contribution in [0.3, 0.4) is 0 Å². The molecule has 1 heterocycles. The number of aromatic amines is 1. The Morgan fingerprint density at radius 1 is 1.45 bits per heavy atom. The van der Waals surface area contributed by atoms with Gasteiger partial charge >= 0.3 is 0 Å². The third kappa shape index (κ3) is 1.67. The smallest absolute Gasteiger partial charge is 0.268 e. The molecule has 0 aliphatic rings. The Morgan fingerprint density at radius 2 is 2.09 bits per heavy atom. The molecule has 60 valence electrons. The Hall–Kier alpha value is -0.670. The predicted octanol–water partition coefficient (Wildman–Crippen LogP) is 1.72. The van der Waals surface area contributed by atoms with Gasteiger partial charge in [-0.25, -0.2) is 0 Å². The van der Waals surface area contributed by atoms with Crippen molar-refractivity contribution in [1.82, 2.24) is 4.98 Å². The van der Waals surface area contributed by atoms with E-state index in [1.54, 1.807) is 7.05 Å². The number of H-pyrrole nitrogens is 1. The van der Waals surface area contributed by atoms with Crippen LogP contribution in [0.2, 0.25) is 10.0 Å². The van der Waals surface area contributed by atoms with Crippen molar-refractivity contribution in [2.45, 2.75) is 0 Å². The van der Waals surface area contributed by atoms with E-state index in [4.69, 9.17) is 23.2 Å². The first-order valence-electron chi connectivity index (χ1n) is 2.91. The van der Waals surface area contributed by atoms with Gasteiger partial charge in [0, 0.05) is 7.05 Å². The second kappa shape index (κ2) is 3.15. The van der Waals surface area contributed by atoms with E-state index in [-0.39, 0.29) is 10.6 Å². The lowest BCUT2D eigenvalue weighted by Gasteiger charge is -2.01. The molecule has 0 amide bonds. The fraction of sp³-hybridized carbons (Fsp3) is 0.167. The molecule has 0 aliphatic heterocycles. The molecule has 0 saturated carbocycles. The van der Waals surface area contributed by atoms with Gasteiger partial charge in [0.2, 0.25) is 0 Å². The van der Waals surface area contributed by atoms with Gasteiger partial charge in [0.05, 0.1) is 5.02 Å². The van der Waals surface area contributed by atoms with E-state index < -0.39 is 0 Å². The fourth-order valence-electron chi connectivity index (χ4n) is 0.664. The Morgan fingerprint density at radius 3 is 2.64 bits per heavy atom. The average molecular weight is 193 g/mol. The molecule has 0 unspecified atom stereocenters. The predicted molar refractivity (Wildman–Crippen MR) is 46.6 cm³/mol. The molecule has 1 aromatic rings. The van der Waals surface area contributed by atoms with Crippen LogP contribution in [0.4, 0.5) is 5.82 Å². The third-order valence-electron chi connectivity index (χ3n) is 1.20. The largest absolute Gasteiger partial charge is 0.373 e. The van der Waals surface area contributed by atoms with Crippen molar-refractivity contribution in [2.24, 2.45) is 0 Å². The van der Waals surface area contributed by atoms with Crippen LogP contribution in [0.5, 0.6) is 0 Å². The van der Waals surface area contributed by atoms with Crippen molar-refractivity contribution in [3.8, 4) is 0 Å². The molecule has 0 bridgehead atoms. The van der Waals surface area contributed by atoms with Crippen LogP contribution in [0.1, 0.15) is 0 Å². The van der Waals surface area contributed by atoms with E-state index in [1.165, 1.54) is 6.07 Å². The lowest BCUT2D eigenvalue weighted by Crippen LogP contribution is -2.08. The van der Waals surface area contributed by atoms with E-state index in [0.29, 0.717) is 10.8 Å². The minimum absolute atomic E-state index is 0.0917. The first-order chi connectivity index (χ1) is 5.15. The molecule has 0 fully saturated rings. The molecule has 0 atom stereocenters. The Balaban J connectivity index is 3.32. The van der Waals surface area contributed by atoms with Gasteiger partial charge in [-0.3, -0.25) is 4.79 Å². The lowest BCUT2D eigenvalue weighted by atomic mass is 10.4. The molecule has 0 aromatic carbocycles. The maximum absolute atomic E-state index is 10.9. The third-order valence-corrected chi connectivity index (χ3v) is 1.78. The minimum Gasteiger partial charge on any atom is -0.373 e. The summed E-state index contributed by atoms with van der Waals surface area (Å²) in [6, 6.07) is 1.40.